The Morgan fingerprint density at radius 3 is 2.61 bits per heavy atom. The molecule has 0 saturated carbocycles. The number of carbonyl (C=O) groups excluding carboxylic acids is 1. The van der Waals surface area contributed by atoms with Gasteiger partial charge in [0.15, 0.2) is 5.75 Å². The zero-order valence-electron chi connectivity index (χ0n) is 16.5. The second-order valence-electron chi connectivity index (χ2n) is 6.40. The number of rotatable bonds is 8. The number of aryl methyl sites for hydroxylation is 1. The third kappa shape index (κ3) is 5.22. The molecule has 10 heteroatoms. The summed E-state index contributed by atoms with van der Waals surface area (Å²) < 4.78 is 12.4. The number of methoxy groups -OCH3 is 1. The van der Waals surface area contributed by atoms with Crippen molar-refractivity contribution in [1.29, 1.82) is 0 Å². The van der Waals surface area contributed by atoms with Crippen molar-refractivity contribution < 1.29 is 19.2 Å². The highest BCUT2D eigenvalue weighted by molar-refractivity contribution is 6.37. The van der Waals surface area contributed by atoms with Gasteiger partial charge in [0.1, 0.15) is 18.6 Å². The minimum atomic E-state index is -0.642. The van der Waals surface area contributed by atoms with Gasteiger partial charge >= 0.3 is 5.69 Å². The predicted octanol–water partition coefficient (Wildman–Crippen LogP) is 5.12. The van der Waals surface area contributed by atoms with Gasteiger partial charge in [-0.15, -0.1) is 0 Å². The second kappa shape index (κ2) is 9.63. The number of benzene rings is 2. The van der Waals surface area contributed by atoms with E-state index in [2.05, 4.69) is 5.10 Å². The van der Waals surface area contributed by atoms with Crippen molar-refractivity contribution >= 4 is 40.7 Å². The third-order valence-electron chi connectivity index (χ3n) is 4.26. The highest BCUT2D eigenvalue weighted by atomic mass is 35.5. The summed E-state index contributed by atoms with van der Waals surface area (Å²) in [4.78, 5) is 22.9. The largest absolute Gasteiger partial charge is 0.496 e. The zero-order valence-corrected chi connectivity index (χ0v) is 18.1. The first-order chi connectivity index (χ1) is 14.8. The fourth-order valence-electron chi connectivity index (χ4n) is 2.82. The van der Waals surface area contributed by atoms with E-state index in [0.717, 1.165) is 0 Å². The topological polar surface area (TPSA) is 96.5 Å². The van der Waals surface area contributed by atoms with Crippen molar-refractivity contribution in [1.82, 2.24) is 9.78 Å². The van der Waals surface area contributed by atoms with Crippen LogP contribution in [0.3, 0.4) is 0 Å². The quantitative estimate of drug-likeness (QED) is 0.200. The molecule has 0 aliphatic rings. The van der Waals surface area contributed by atoms with Gasteiger partial charge in [-0.25, -0.2) is 0 Å². The maximum absolute atomic E-state index is 12.4. The maximum Gasteiger partial charge on any atom is 0.318 e. The fourth-order valence-corrected chi connectivity index (χ4v) is 3.33. The standard InChI is InChI=1S/C21H17Cl2N3O5/c1-25-11-17(26(28)29)20(24-25)18(27)8-6-13-7-9-19(30-2)14(10-13)12-31-21-15(22)4-3-5-16(21)23/h3-11H,12H2,1-2H3/b8-6+. The third-order valence-corrected chi connectivity index (χ3v) is 4.86. The summed E-state index contributed by atoms with van der Waals surface area (Å²) in [5, 5.41) is 15.7. The van der Waals surface area contributed by atoms with Crippen LogP contribution in [0.1, 0.15) is 21.6 Å². The molecule has 1 heterocycles. The van der Waals surface area contributed by atoms with Crippen LogP contribution >= 0.6 is 23.2 Å². The number of nitrogens with zero attached hydrogens (tertiary/aromatic N) is 3. The first-order valence-electron chi connectivity index (χ1n) is 8.94. The lowest BCUT2D eigenvalue weighted by atomic mass is 10.1. The number of halogens is 2. The minimum Gasteiger partial charge on any atom is -0.496 e. The van der Waals surface area contributed by atoms with Crippen molar-refractivity contribution in [3.8, 4) is 11.5 Å². The van der Waals surface area contributed by atoms with Crippen LogP contribution in [0.5, 0.6) is 11.5 Å². The van der Waals surface area contributed by atoms with Crippen LogP contribution in [0.4, 0.5) is 5.69 Å². The van der Waals surface area contributed by atoms with E-state index < -0.39 is 10.7 Å². The van der Waals surface area contributed by atoms with Crippen molar-refractivity contribution in [2.24, 2.45) is 7.05 Å². The van der Waals surface area contributed by atoms with Gasteiger partial charge in [0.2, 0.25) is 11.5 Å². The Hall–Kier alpha value is -3.36. The molecule has 31 heavy (non-hydrogen) atoms. The van der Waals surface area contributed by atoms with E-state index in [9.17, 15) is 14.9 Å². The summed E-state index contributed by atoms with van der Waals surface area (Å²) in [6.45, 7) is 0.119. The average molecular weight is 462 g/mol. The number of ketones is 1. The van der Waals surface area contributed by atoms with Crippen LogP contribution < -0.4 is 9.47 Å². The Balaban J connectivity index is 1.82. The van der Waals surface area contributed by atoms with Crippen LogP contribution in [-0.2, 0) is 13.7 Å². The van der Waals surface area contributed by atoms with Gasteiger partial charge in [0, 0.05) is 12.6 Å². The second-order valence-corrected chi connectivity index (χ2v) is 7.22. The van der Waals surface area contributed by atoms with Crippen LogP contribution in [0.15, 0.2) is 48.7 Å². The van der Waals surface area contributed by atoms with Crippen molar-refractivity contribution in [2.45, 2.75) is 6.61 Å². The molecule has 8 nitrogen and oxygen atoms in total. The van der Waals surface area contributed by atoms with Gasteiger partial charge in [-0.2, -0.15) is 5.10 Å². The van der Waals surface area contributed by atoms with E-state index in [-0.39, 0.29) is 18.0 Å². The lowest BCUT2D eigenvalue weighted by Gasteiger charge is -2.13. The van der Waals surface area contributed by atoms with E-state index in [1.54, 1.807) is 36.4 Å². The highest BCUT2D eigenvalue weighted by Crippen LogP contribution is 2.34. The molecule has 0 aliphatic heterocycles. The number of nitro groups is 1. The predicted molar refractivity (Wildman–Crippen MR) is 117 cm³/mol. The fraction of sp³-hybridized carbons (Fsp3) is 0.143. The number of ether oxygens (including phenoxy) is 2. The summed E-state index contributed by atoms with van der Waals surface area (Å²) >= 11 is 12.3. The van der Waals surface area contributed by atoms with Crippen LogP contribution in [0, 0.1) is 10.1 Å². The Bertz CT molecular complexity index is 1150. The lowest BCUT2D eigenvalue weighted by molar-refractivity contribution is -0.385. The normalized spacial score (nSPS) is 11.0. The number of carbonyl (C=O) groups is 1. The first kappa shape index (κ1) is 22.3. The number of aromatic nitrogens is 2. The molecular weight excluding hydrogens is 445 g/mol. The molecular formula is C21H17Cl2N3O5. The van der Waals surface area contributed by atoms with Gasteiger partial charge < -0.3 is 9.47 Å². The van der Waals surface area contributed by atoms with Crippen molar-refractivity contribution in [3.63, 3.8) is 0 Å². The number of hydrogen-bond donors (Lipinski definition) is 0. The van der Waals surface area contributed by atoms with Crippen LogP contribution in [-0.4, -0.2) is 27.6 Å². The molecule has 0 fully saturated rings. The number of allylic oxidation sites excluding steroid dienone is 1. The van der Waals surface area contributed by atoms with Crippen LogP contribution in [0.2, 0.25) is 10.0 Å². The van der Waals surface area contributed by atoms with Gasteiger partial charge in [0.25, 0.3) is 0 Å². The smallest absolute Gasteiger partial charge is 0.318 e. The summed E-state index contributed by atoms with van der Waals surface area (Å²) in [6.07, 6.45) is 3.95. The maximum atomic E-state index is 12.4. The molecule has 0 radical (unpaired) electrons. The number of hydrogen-bond acceptors (Lipinski definition) is 6. The summed E-state index contributed by atoms with van der Waals surface area (Å²) in [7, 11) is 3.04. The van der Waals surface area contributed by atoms with E-state index in [0.29, 0.717) is 32.7 Å². The minimum absolute atomic E-state index is 0.119. The summed E-state index contributed by atoms with van der Waals surface area (Å²) in [5.74, 6) is 0.349. The van der Waals surface area contributed by atoms with Gasteiger partial charge in [-0.05, 0) is 35.9 Å². The number of para-hydroxylation sites is 1. The van der Waals surface area contributed by atoms with Gasteiger partial charge in [-0.1, -0.05) is 41.4 Å². The molecule has 0 atom stereocenters. The Labute approximate surface area is 187 Å². The molecule has 3 aromatic rings. The molecule has 1 aromatic heterocycles. The van der Waals surface area contributed by atoms with E-state index in [1.807, 2.05) is 0 Å². The van der Waals surface area contributed by atoms with Crippen molar-refractivity contribution in [2.75, 3.05) is 7.11 Å². The zero-order chi connectivity index (χ0) is 22.5. The van der Waals surface area contributed by atoms with Gasteiger partial charge in [0.05, 0.1) is 22.1 Å². The van der Waals surface area contributed by atoms with E-state index in [4.69, 9.17) is 32.7 Å². The molecule has 0 bridgehead atoms. The molecule has 0 saturated heterocycles. The molecule has 0 unspecified atom stereocenters. The monoisotopic (exact) mass is 461 g/mol. The summed E-state index contributed by atoms with van der Waals surface area (Å²) in [5.41, 5.74) is 0.778. The molecule has 0 amide bonds. The molecule has 0 aliphatic carbocycles. The van der Waals surface area contributed by atoms with Gasteiger partial charge in [-0.3, -0.25) is 19.6 Å². The Kier molecular flexibility index (Phi) is 6.94. The average Bonchev–Trinajstić information content (AvgIpc) is 3.14. The van der Waals surface area contributed by atoms with Crippen LogP contribution in [0.25, 0.3) is 6.08 Å². The van der Waals surface area contributed by atoms with Crippen molar-refractivity contribution in [3.05, 3.63) is 85.7 Å². The highest BCUT2D eigenvalue weighted by Gasteiger charge is 2.23. The molecule has 0 N–H and O–H groups in total. The Morgan fingerprint density at radius 1 is 1.26 bits per heavy atom. The van der Waals surface area contributed by atoms with E-state index >= 15 is 0 Å². The molecule has 160 valence electrons. The Morgan fingerprint density at radius 2 is 1.97 bits per heavy atom. The summed E-state index contributed by atoms with van der Waals surface area (Å²) in [6, 6.07) is 10.3. The SMILES string of the molecule is COc1ccc(/C=C/C(=O)c2nn(C)cc2[N+](=O)[O-])cc1COc1c(Cl)cccc1Cl. The molecule has 0 spiro atoms. The molecule has 2 aromatic carbocycles. The first-order valence-corrected chi connectivity index (χ1v) is 9.70. The lowest BCUT2D eigenvalue weighted by Crippen LogP contribution is -2.01. The van der Waals surface area contributed by atoms with E-state index in [1.165, 1.54) is 37.2 Å². The molecule has 3 rings (SSSR count).